The zero-order chi connectivity index (χ0) is 30.9. The van der Waals surface area contributed by atoms with Crippen molar-refractivity contribution in [3.8, 4) is 62.7 Å². The monoisotopic (exact) mass is 579 g/mol. The number of nitrogens with zero attached hydrogens (tertiary/aromatic N) is 3. The fourth-order valence-corrected chi connectivity index (χ4v) is 7.32. The van der Waals surface area contributed by atoms with Crippen molar-refractivity contribution < 1.29 is 0 Å². The summed E-state index contributed by atoms with van der Waals surface area (Å²) < 4.78 is 0. The smallest absolute Gasteiger partial charge is 0.0991 e. The summed E-state index contributed by atoms with van der Waals surface area (Å²) in [6, 6.07) is 50.4. The Balaban J connectivity index is 1.46. The number of benzene rings is 8. The Morgan fingerprint density at radius 1 is 0.326 bits per heavy atom. The van der Waals surface area contributed by atoms with Gasteiger partial charge in [0.05, 0.1) is 34.9 Å². The van der Waals surface area contributed by atoms with Crippen LogP contribution in [0.5, 0.6) is 0 Å². The maximum Gasteiger partial charge on any atom is 0.0991 e. The molecule has 9 rings (SSSR count). The number of fused-ring (bicyclic) bond motifs is 8. The molecule has 3 heteroatoms. The normalized spacial score (nSPS) is 11.4. The molecule has 208 valence electrons. The van der Waals surface area contributed by atoms with Crippen molar-refractivity contribution >= 4 is 43.1 Å². The molecule has 0 saturated heterocycles. The zero-order valence-corrected chi connectivity index (χ0v) is 24.5. The van der Waals surface area contributed by atoms with E-state index in [0.717, 1.165) is 54.6 Å². The highest BCUT2D eigenvalue weighted by molar-refractivity contribution is 6.27. The third-order valence-electron chi connectivity index (χ3n) is 9.47. The van der Waals surface area contributed by atoms with Crippen LogP contribution in [0.15, 0.2) is 127 Å². The fourth-order valence-electron chi connectivity index (χ4n) is 7.32. The van der Waals surface area contributed by atoms with Crippen molar-refractivity contribution in [1.82, 2.24) is 0 Å². The third-order valence-corrected chi connectivity index (χ3v) is 9.47. The molecule has 1 aliphatic rings. The zero-order valence-electron chi connectivity index (χ0n) is 24.5. The SMILES string of the molecule is N#Cc1ccc(-c2cc3c4cc5c(cc4c(-c4ccc(C#N)cc4)cc3c3ccc(C#N)cc23)-c2cccc3cccc-5c23)cc1. The van der Waals surface area contributed by atoms with Crippen LogP contribution in [0.1, 0.15) is 16.7 Å². The molecule has 0 spiro atoms. The van der Waals surface area contributed by atoms with Gasteiger partial charge in [-0.25, -0.2) is 0 Å². The van der Waals surface area contributed by atoms with Gasteiger partial charge >= 0.3 is 0 Å². The van der Waals surface area contributed by atoms with Crippen molar-refractivity contribution in [3.05, 3.63) is 144 Å². The Kier molecular flexibility index (Phi) is 5.39. The molecule has 0 aliphatic heterocycles. The summed E-state index contributed by atoms with van der Waals surface area (Å²) in [6.07, 6.45) is 0. The van der Waals surface area contributed by atoms with Crippen molar-refractivity contribution in [2.75, 3.05) is 0 Å². The molecule has 8 aromatic rings. The average molecular weight is 580 g/mol. The summed E-state index contributed by atoms with van der Waals surface area (Å²) in [5.41, 5.74) is 10.9. The minimum Gasteiger partial charge on any atom is -0.192 e. The van der Waals surface area contributed by atoms with E-state index in [9.17, 15) is 15.8 Å². The lowest BCUT2D eigenvalue weighted by atomic mass is 9.85. The van der Waals surface area contributed by atoms with Crippen LogP contribution in [-0.4, -0.2) is 0 Å². The van der Waals surface area contributed by atoms with E-state index in [4.69, 9.17) is 0 Å². The van der Waals surface area contributed by atoms with E-state index in [0.29, 0.717) is 16.7 Å². The van der Waals surface area contributed by atoms with E-state index in [1.807, 2.05) is 60.7 Å². The van der Waals surface area contributed by atoms with Crippen LogP contribution in [0.25, 0.3) is 87.6 Å². The first kappa shape index (κ1) is 25.7. The summed E-state index contributed by atoms with van der Waals surface area (Å²) in [7, 11) is 0. The van der Waals surface area contributed by atoms with Gasteiger partial charge in [-0.3, -0.25) is 0 Å². The molecule has 0 atom stereocenters. The van der Waals surface area contributed by atoms with E-state index < -0.39 is 0 Å². The number of hydrogen-bond acceptors (Lipinski definition) is 3. The number of rotatable bonds is 2. The van der Waals surface area contributed by atoms with E-state index in [1.54, 1.807) is 0 Å². The Hall–Kier alpha value is -6.73. The van der Waals surface area contributed by atoms with Gasteiger partial charge in [0.1, 0.15) is 0 Å². The molecule has 8 aromatic carbocycles. The first-order valence-corrected chi connectivity index (χ1v) is 15.1. The molecule has 0 bridgehead atoms. The Morgan fingerprint density at radius 3 is 1.30 bits per heavy atom. The molecule has 46 heavy (non-hydrogen) atoms. The van der Waals surface area contributed by atoms with Gasteiger partial charge in [-0.1, -0.05) is 66.7 Å². The molecule has 0 saturated carbocycles. The van der Waals surface area contributed by atoms with Gasteiger partial charge < -0.3 is 0 Å². The molecule has 0 aromatic heterocycles. The van der Waals surface area contributed by atoms with Gasteiger partial charge in [-0.05, 0) is 148 Å². The largest absolute Gasteiger partial charge is 0.192 e. The lowest BCUT2D eigenvalue weighted by Crippen LogP contribution is -1.91. The molecule has 0 radical (unpaired) electrons. The molecular formula is C43H21N3. The van der Waals surface area contributed by atoms with Crippen LogP contribution < -0.4 is 0 Å². The molecular weight excluding hydrogens is 558 g/mol. The summed E-state index contributed by atoms with van der Waals surface area (Å²) in [5.74, 6) is 0. The first-order chi connectivity index (χ1) is 22.6. The van der Waals surface area contributed by atoms with Gasteiger partial charge in [0.15, 0.2) is 0 Å². The second-order valence-electron chi connectivity index (χ2n) is 11.8. The Labute approximate surface area is 265 Å². The highest BCUT2D eigenvalue weighted by atomic mass is 14.3. The molecule has 0 N–H and O–H groups in total. The fraction of sp³-hybridized carbons (Fsp3) is 0. The maximum atomic E-state index is 9.83. The predicted molar refractivity (Wildman–Crippen MR) is 186 cm³/mol. The lowest BCUT2D eigenvalue weighted by Gasteiger charge is -2.18. The quantitative estimate of drug-likeness (QED) is 0.191. The van der Waals surface area contributed by atoms with Crippen molar-refractivity contribution in [2.24, 2.45) is 0 Å². The summed E-state index contributed by atoms with van der Waals surface area (Å²) >= 11 is 0. The van der Waals surface area contributed by atoms with Crippen LogP contribution in [0.4, 0.5) is 0 Å². The molecule has 0 heterocycles. The molecule has 1 aliphatic carbocycles. The van der Waals surface area contributed by atoms with E-state index in [-0.39, 0.29) is 0 Å². The standard InChI is InChI=1S/C43H21N3/c44-22-25-7-12-28(13-8-25)34-19-41-37(31-16-11-27(24-46)17-36(31)34)18-35(29-14-9-26(23-45)10-15-29)40-20-38-32-5-1-3-30-4-2-6-33(43(30)32)39(38)21-42(40)41/h1-21H. The van der Waals surface area contributed by atoms with Gasteiger partial charge in [0, 0.05) is 0 Å². The highest BCUT2D eigenvalue weighted by Crippen LogP contribution is 2.51. The van der Waals surface area contributed by atoms with Gasteiger partial charge in [-0.15, -0.1) is 0 Å². The van der Waals surface area contributed by atoms with Gasteiger partial charge in [-0.2, -0.15) is 15.8 Å². The minimum absolute atomic E-state index is 0.596. The van der Waals surface area contributed by atoms with Crippen LogP contribution in [-0.2, 0) is 0 Å². The van der Waals surface area contributed by atoms with E-state index >= 15 is 0 Å². The Bertz CT molecular complexity index is 2740. The second kappa shape index (κ2) is 9.64. The highest BCUT2D eigenvalue weighted by Gasteiger charge is 2.24. The topological polar surface area (TPSA) is 71.4 Å². The molecule has 0 fully saturated rings. The summed E-state index contributed by atoms with van der Waals surface area (Å²) in [6.45, 7) is 0. The van der Waals surface area contributed by atoms with E-state index in [2.05, 4.69) is 84.9 Å². The van der Waals surface area contributed by atoms with Crippen LogP contribution in [0, 0.1) is 34.0 Å². The summed E-state index contributed by atoms with van der Waals surface area (Å²) in [5, 5.41) is 37.8. The average Bonchev–Trinajstić information content (AvgIpc) is 3.44. The second-order valence-corrected chi connectivity index (χ2v) is 11.8. The Morgan fingerprint density at radius 2 is 0.761 bits per heavy atom. The van der Waals surface area contributed by atoms with Crippen LogP contribution in [0.2, 0.25) is 0 Å². The molecule has 3 nitrogen and oxygen atoms in total. The predicted octanol–water partition coefficient (Wildman–Crippen LogP) is 10.9. The lowest BCUT2D eigenvalue weighted by molar-refractivity contribution is 1.48. The first-order valence-electron chi connectivity index (χ1n) is 15.1. The van der Waals surface area contributed by atoms with E-state index in [1.165, 1.54) is 33.0 Å². The molecule has 0 amide bonds. The van der Waals surface area contributed by atoms with Crippen molar-refractivity contribution in [2.45, 2.75) is 0 Å². The van der Waals surface area contributed by atoms with Crippen LogP contribution in [0.3, 0.4) is 0 Å². The van der Waals surface area contributed by atoms with Crippen molar-refractivity contribution in [3.63, 3.8) is 0 Å². The van der Waals surface area contributed by atoms with Gasteiger partial charge in [0.2, 0.25) is 0 Å². The maximum absolute atomic E-state index is 9.83. The third kappa shape index (κ3) is 3.63. The number of hydrogen-bond donors (Lipinski definition) is 0. The summed E-state index contributed by atoms with van der Waals surface area (Å²) in [4.78, 5) is 0. The number of nitriles is 3. The van der Waals surface area contributed by atoms with Crippen molar-refractivity contribution in [1.29, 1.82) is 15.8 Å². The van der Waals surface area contributed by atoms with Gasteiger partial charge in [0.25, 0.3) is 0 Å². The molecule has 0 unspecified atom stereocenters. The van der Waals surface area contributed by atoms with Crippen LogP contribution >= 0.6 is 0 Å². The minimum atomic E-state index is 0.596.